The Labute approximate surface area is 173 Å². The number of aryl methyl sites for hydroxylation is 1. The van der Waals surface area contributed by atoms with E-state index in [4.69, 9.17) is 23.2 Å². The highest BCUT2D eigenvalue weighted by atomic mass is 35.5. The quantitative estimate of drug-likeness (QED) is 0.429. The summed E-state index contributed by atoms with van der Waals surface area (Å²) in [6.45, 7) is 2.03. The maximum atomic E-state index is 11.0. The summed E-state index contributed by atoms with van der Waals surface area (Å²) >= 11 is 12.8. The van der Waals surface area contributed by atoms with Crippen molar-refractivity contribution in [1.82, 2.24) is 9.97 Å². The molecule has 4 aromatic rings. The van der Waals surface area contributed by atoms with E-state index in [0.717, 1.165) is 27.8 Å². The van der Waals surface area contributed by atoms with Crippen molar-refractivity contribution in [2.24, 2.45) is 0 Å². The molecule has 140 valence electrons. The monoisotopic (exact) mass is 408 g/mol. The molecule has 1 unspecified atom stereocenters. The number of hydrogen-bond acceptors (Lipinski definition) is 3. The zero-order valence-electron chi connectivity index (χ0n) is 15.2. The van der Waals surface area contributed by atoms with Gasteiger partial charge in [-0.1, -0.05) is 41.4 Å². The van der Waals surface area contributed by atoms with Crippen LogP contribution in [0, 0.1) is 6.92 Å². The van der Waals surface area contributed by atoms with Gasteiger partial charge in [-0.3, -0.25) is 9.97 Å². The van der Waals surface area contributed by atoms with Crippen LogP contribution in [-0.4, -0.2) is 15.1 Å². The number of nitrogens with zero attached hydrogens (tertiary/aromatic N) is 2. The first-order chi connectivity index (χ1) is 13.5. The number of rotatable bonds is 4. The van der Waals surface area contributed by atoms with E-state index in [1.807, 2.05) is 49.4 Å². The number of aromatic hydroxyl groups is 1. The molecular formula is C23H18Cl2N2O. The van der Waals surface area contributed by atoms with E-state index in [2.05, 4.69) is 9.97 Å². The number of hydrogen-bond donors (Lipinski definition) is 1. The molecule has 2 aromatic carbocycles. The van der Waals surface area contributed by atoms with E-state index in [1.165, 1.54) is 0 Å². The van der Waals surface area contributed by atoms with Crippen molar-refractivity contribution in [3.8, 4) is 5.75 Å². The van der Waals surface area contributed by atoms with E-state index in [-0.39, 0.29) is 11.7 Å². The number of phenolic OH excluding ortho intramolecular Hbond substituents is 1. The van der Waals surface area contributed by atoms with Gasteiger partial charge in [-0.15, -0.1) is 0 Å². The van der Waals surface area contributed by atoms with Gasteiger partial charge in [0.15, 0.2) is 0 Å². The molecule has 3 nitrogen and oxygen atoms in total. The van der Waals surface area contributed by atoms with Crippen molar-refractivity contribution in [2.75, 3.05) is 0 Å². The highest BCUT2D eigenvalue weighted by Gasteiger charge is 2.23. The van der Waals surface area contributed by atoms with Gasteiger partial charge in [-0.25, -0.2) is 0 Å². The first-order valence-electron chi connectivity index (χ1n) is 8.96. The minimum Gasteiger partial charge on any atom is -0.505 e. The third kappa shape index (κ3) is 3.68. The molecule has 0 saturated heterocycles. The van der Waals surface area contributed by atoms with E-state index in [1.54, 1.807) is 24.5 Å². The summed E-state index contributed by atoms with van der Waals surface area (Å²) in [6, 6.07) is 17.1. The Balaban J connectivity index is 1.90. The molecule has 5 heteroatoms. The number of benzene rings is 2. The van der Waals surface area contributed by atoms with Crippen molar-refractivity contribution in [2.45, 2.75) is 19.3 Å². The standard InChI is InChI=1S/C23H18Cl2N2O/c1-14-8-10-26-17(11-14)13-19(20-12-16(24)5-7-21(20)25)18-6-4-15-3-2-9-27-22(15)23(18)28/h2-12,19,28H,13H2,1H3. The van der Waals surface area contributed by atoms with Crippen LogP contribution >= 0.6 is 23.2 Å². The van der Waals surface area contributed by atoms with Crippen molar-refractivity contribution in [3.63, 3.8) is 0 Å². The Hall–Kier alpha value is -2.62. The molecule has 0 saturated carbocycles. The molecule has 1 N–H and O–H groups in total. The van der Waals surface area contributed by atoms with Crippen LogP contribution in [0.3, 0.4) is 0 Å². The van der Waals surface area contributed by atoms with Crippen LogP contribution < -0.4 is 0 Å². The van der Waals surface area contributed by atoms with E-state index < -0.39 is 0 Å². The van der Waals surface area contributed by atoms with Crippen molar-refractivity contribution >= 4 is 34.1 Å². The first kappa shape index (κ1) is 18.7. The van der Waals surface area contributed by atoms with Crippen LogP contribution in [-0.2, 0) is 6.42 Å². The summed E-state index contributed by atoms with van der Waals surface area (Å²) < 4.78 is 0. The fourth-order valence-corrected chi connectivity index (χ4v) is 3.94. The van der Waals surface area contributed by atoms with Gasteiger partial charge in [0.2, 0.25) is 0 Å². The summed E-state index contributed by atoms with van der Waals surface area (Å²) in [6.07, 6.45) is 4.05. The minimum atomic E-state index is -0.216. The lowest BCUT2D eigenvalue weighted by Crippen LogP contribution is -2.08. The van der Waals surface area contributed by atoms with Gasteiger partial charge >= 0.3 is 0 Å². The van der Waals surface area contributed by atoms with E-state index >= 15 is 0 Å². The minimum absolute atomic E-state index is 0.159. The van der Waals surface area contributed by atoms with Gasteiger partial charge in [0.25, 0.3) is 0 Å². The third-order valence-electron chi connectivity index (χ3n) is 4.87. The fourth-order valence-electron chi connectivity index (χ4n) is 3.52. The second kappa shape index (κ2) is 7.78. The summed E-state index contributed by atoms with van der Waals surface area (Å²) in [5, 5.41) is 13.1. The van der Waals surface area contributed by atoms with Gasteiger partial charge in [0.1, 0.15) is 11.3 Å². The summed E-state index contributed by atoms with van der Waals surface area (Å²) in [4.78, 5) is 8.86. The van der Waals surface area contributed by atoms with Gasteiger partial charge in [-0.2, -0.15) is 0 Å². The molecule has 0 aliphatic carbocycles. The summed E-state index contributed by atoms with van der Waals surface area (Å²) in [5.41, 5.74) is 4.22. The zero-order valence-corrected chi connectivity index (χ0v) is 16.7. The number of halogens is 2. The normalized spacial score (nSPS) is 12.2. The van der Waals surface area contributed by atoms with Crippen molar-refractivity contribution < 1.29 is 5.11 Å². The fraction of sp³-hybridized carbons (Fsp3) is 0.130. The van der Waals surface area contributed by atoms with Crippen LogP contribution in [0.15, 0.2) is 67.0 Å². The second-order valence-corrected chi connectivity index (χ2v) is 7.67. The van der Waals surface area contributed by atoms with Gasteiger partial charge in [0.05, 0.1) is 0 Å². The molecule has 0 aliphatic heterocycles. The molecule has 0 spiro atoms. The van der Waals surface area contributed by atoms with Crippen LogP contribution in [0.5, 0.6) is 5.75 Å². The van der Waals surface area contributed by atoms with E-state index in [9.17, 15) is 5.11 Å². The molecule has 0 amide bonds. The average molecular weight is 409 g/mol. The molecule has 2 aromatic heterocycles. The van der Waals surface area contributed by atoms with Crippen LogP contribution in [0.25, 0.3) is 10.9 Å². The lowest BCUT2D eigenvalue weighted by molar-refractivity contribution is 0.469. The van der Waals surface area contributed by atoms with Crippen molar-refractivity contribution in [3.05, 3.63) is 99.4 Å². The topological polar surface area (TPSA) is 46.0 Å². The zero-order chi connectivity index (χ0) is 19.7. The van der Waals surface area contributed by atoms with Crippen LogP contribution in [0.1, 0.15) is 28.3 Å². The predicted molar refractivity (Wildman–Crippen MR) is 114 cm³/mol. The number of aromatic nitrogens is 2. The lowest BCUT2D eigenvalue weighted by Gasteiger charge is -2.21. The SMILES string of the molecule is Cc1ccnc(CC(c2cc(Cl)ccc2Cl)c2ccc3cccnc3c2O)c1. The highest BCUT2D eigenvalue weighted by Crippen LogP contribution is 2.40. The molecule has 0 radical (unpaired) electrons. The average Bonchev–Trinajstić information content (AvgIpc) is 2.69. The smallest absolute Gasteiger partial charge is 0.145 e. The third-order valence-corrected chi connectivity index (χ3v) is 5.45. The Bertz CT molecular complexity index is 1160. The number of fused-ring (bicyclic) bond motifs is 1. The Morgan fingerprint density at radius 3 is 2.61 bits per heavy atom. The van der Waals surface area contributed by atoms with Gasteiger partial charge in [0, 0.05) is 51.4 Å². The summed E-state index contributed by atoms with van der Waals surface area (Å²) in [5.74, 6) is -0.0568. The predicted octanol–water partition coefficient (Wildman–Crippen LogP) is 6.33. The number of pyridine rings is 2. The van der Waals surface area contributed by atoms with Gasteiger partial charge < -0.3 is 5.11 Å². The molecule has 0 aliphatic rings. The molecule has 28 heavy (non-hydrogen) atoms. The van der Waals surface area contributed by atoms with Crippen LogP contribution in [0.4, 0.5) is 0 Å². The Kier molecular flexibility index (Phi) is 5.21. The first-order valence-corrected chi connectivity index (χ1v) is 9.71. The second-order valence-electron chi connectivity index (χ2n) is 6.83. The molecule has 4 rings (SSSR count). The molecule has 2 heterocycles. The number of phenols is 1. The Morgan fingerprint density at radius 1 is 0.929 bits per heavy atom. The molecule has 1 atom stereocenters. The molecule has 0 fully saturated rings. The summed E-state index contributed by atoms with van der Waals surface area (Å²) in [7, 11) is 0. The van der Waals surface area contributed by atoms with E-state index in [0.29, 0.717) is 22.0 Å². The maximum absolute atomic E-state index is 11.0. The molecular weight excluding hydrogens is 391 g/mol. The largest absolute Gasteiger partial charge is 0.505 e. The lowest BCUT2D eigenvalue weighted by atomic mass is 9.86. The Morgan fingerprint density at radius 2 is 1.79 bits per heavy atom. The maximum Gasteiger partial charge on any atom is 0.145 e. The van der Waals surface area contributed by atoms with Crippen molar-refractivity contribution in [1.29, 1.82) is 0 Å². The molecule has 0 bridgehead atoms. The highest BCUT2D eigenvalue weighted by molar-refractivity contribution is 6.33. The van der Waals surface area contributed by atoms with Crippen LogP contribution in [0.2, 0.25) is 10.0 Å². The van der Waals surface area contributed by atoms with Gasteiger partial charge in [-0.05, 0) is 54.4 Å².